The molecule has 2 heterocycles. The van der Waals surface area contributed by atoms with E-state index < -0.39 is 8.07 Å². The molecule has 0 radical (unpaired) electrons. The van der Waals surface area contributed by atoms with Crippen LogP contribution in [-0.4, -0.2) is 13.1 Å². The predicted molar refractivity (Wildman–Crippen MR) is 115 cm³/mol. The summed E-state index contributed by atoms with van der Waals surface area (Å²) in [6, 6.07) is 24.5. The SMILES string of the molecule is Cc1cc(-c2ccc(-c3ccccc3)cc2)ncc1[Si]1(C)CCCCC1. The van der Waals surface area contributed by atoms with Crippen LogP contribution in [-0.2, 0) is 0 Å². The van der Waals surface area contributed by atoms with Gasteiger partial charge in [-0.15, -0.1) is 0 Å². The molecule has 0 atom stereocenters. The number of nitrogens with zero attached hydrogens (tertiary/aromatic N) is 1. The fraction of sp³-hybridized carbons (Fsp3) is 0.292. The monoisotopic (exact) mass is 357 g/mol. The van der Waals surface area contributed by atoms with Crippen LogP contribution in [0.5, 0.6) is 0 Å². The first-order valence-corrected chi connectivity index (χ1v) is 12.7. The molecule has 0 unspecified atom stereocenters. The zero-order chi connectivity index (χ0) is 18.0. The molecule has 1 aliphatic heterocycles. The highest BCUT2D eigenvalue weighted by Crippen LogP contribution is 2.30. The van der Waals surface area contributed by atoms with Gasteiger partial charge in [0.1, 0.15) is 0 Å². The summed E-state index contributed by atoms with van der Waals surface area (Å²) in [4.78, 5) is 4.87. The standard InChI is InChI=1S/C24H27NSi/c1-19-17-23(25-18-24(19)26(2)15-7-4-8-16-26)22-13-11-21(12-14-22)20-9-5-3-6-10-20/h3,5-6,9-14,17-18H,4,7-8,15-16H2,1-2H3. The lowest BCUT2D eigenvalue weighted by Gasteiger charge is -2.33. The number of hydrogen-bond donors (Lipinski definition) is 0. The smallest absolute Gasteiger partial charge is 0.0860 e. The van der Waals surface area contributed by atoms with Gasteiger partial charge in [0.05, 0.1) is 13.8 Å². The average Bonchev–Trinajstić information content (AvgIpc) is 2.69. The molecule has 26 heavy (non-hydrogen) atoms. The van der Waals surface area contributed by atoms with E-state index in [1.54, 1.807) is 5.19 Å². The van der Waals surface area contributed by atoms with E-state index in [9.17, 15) is 0 Å². The molecule has 1 saturated heterocycles. The van der Waals surface area contributed by atoms with Crippen molar-refractivity contribution in [3.05, 3.63) is 72.4 Å². The van der Waals surface area contributed by atoms with E-state index in [2.05, 4.69) is 80.3 Å². The van der Waals surface area contributed by atoms with Gasteiger partial charge in [-0.2, -0.15) is 0 Å². The van der Waals surface area contributed by atoms with Crippen LogP contribution < -0.4 is 5.19 Å². The van der Waals surface area contributed by atoms with Crippen molar-refractivity contribution in [1.29, 1.82) is 0 Å². The van der Waals surface area contributed by atoms with Crippen molar-refractivity contribution in [1.82, 2.24) is 4.98 Å². The first-order valence-electron chi connectivity index (χ1n) is 9.79. The second kappa shape index (κ2) is 7.20. The second-order valence-electron chi connectivity index (χ2n) is 7.95. The van der Waals surface area contributed by atoms with Gasteiger partial charge in [-0.25, -0.2) is 0 Å². The van der Waals surface area contributed by atoms with E-state index in [1.807, 2.05) is 0 Å². The summed E-state index contributed by atoms with van der Waals surface area (Å²) < 4.78 is 0. The van der Waals surface area contributed by atoms with Crippen molar-refractivity contribution in [2.45, 2.75) is 44.8 Å². The summed E-state index contributed by atoms with van der Waals surface area (Å²) in [6.45, 7) is 4.84. The Morgan fingerprint density at radius 3 is 2.04 bits per heavy atom. The molecular weight excluding hydrogens is 330 g/mol. The molecule has 1 aliphatic rings. The number of rotatable bonds is 3. The Morgan fingerprint density at radius 2 is 1.38 bits per heavy atom. The van der Waals surface area contributed by atoms with Gasteiger partial charge in [-0.3, -0.25) is 4.98 Å². The number of pyridine rings is 1. The third-order valence-electron chi connectivity index (χ3n) is 6.01. The van der Waals surface area contributed by atoms with Crippen molar-refractivity contribution >= 4 is 13.3 Å². The number of aryl methyl sites for hydroxylation is 1. The summed E-state index contributed by atoms with van der Waals surface area (Å²) >= 11 is 0. The van der Waals surface area contributed by atoms with Gasteiger partial charge in [0.25, 0.3) is 0 Å². The maximum Gasteiger partial charge on any atom is 0.0860 e. The number of aromatic nitrogens is 1. The van der Waals surface area contributed by atoms with E-state index in [-0.39, 0.29) is 0 Å². The van der Waals surface area contributed by atoms with Crippen molar-refractivity contribution in [2.24, 2.45) is 0 Å². The van der Waals surface area contributed by atoms with Gasteiger partial charge in [0, 0.05) is 11.8 Å². The van der Waals surface area contributed by atoms with Crippen LogP contribution in [0.1, 0.15) is 24.8 Å². The van der Waals surface area contributed by atoms with E-state index in [0.717, 1.165) is 5.69 Å². The highest BCUT2D eigenvalue weighted by Gasteiger charge is 2.32. The van der Waals surface area contributed by atoms with Gasteiger partial charge in [0.2, 0.25) is 0 Å². The van der Waals surface area contributed by atoms with Crippen molar-refractivity contribution in [3.63, 3.8) is 0 Å². The van der Waals surface area contributed by atoms with Crippen molar-refractivity contribution < 1.29 is 0 Å². The minimum atomic E-state index is -1.30. The molecule has 132 valence electrons. The van der Waals surface area contributed by atoms with E-state index in [0.29, 0.717) is 0 Å². The Balaban J connectivity index is 1.61. The molecule has 3 aromatic rings. The summed E-state index contributed by atoms with van der Waals surface area (Å²) in [7, 11) is -1.30. The fourth-order valence-electron chi connectivity index (χ4n) is 4.41. The predicted octanol–water partition coefficient (Wildman–Crippen LogP) is 6.19. The molecule has 2 heteroatoms. The molecule has 0 spiro atoms. The molecule has 2 aromatic carbocycles. The number of benzene rings is 2. The molecule has 0 amide bonds. The molecule has 0 bridgehead atoms. The maximum atomic E-state index is 4.87. The van der Waals surface area contributed by atoms with Crippen molar-refractivity contribution in [2.75, 3.05) is 0 Å². The fourth-order valence-corrected chi connectivity index (χ4v) is 8.66. The Hall–Kier alpha value is -2.19. The van der Waals surface area contributed by atoms with Gasteiger partial charge in [-0.05, 0) is 34.9 Å². The summed E-state index contributed by atoms with van der Waals surface area (Å²) in [5.74, 6) is 0. The van der Waals surface area contributed by atoms with Gasteiger partial charge in [0.15, 0.2) is 0 Å². The molecule has 0 saturated carbocycles. The first-order chi connectivity index (χ1) is 12.7. The first kappa shape index (κ1) is 17.2. The molecule has 0 N–H and O–H groups in total. The Labute approximate surface area is 158 Å². The van der Waals surface area contributed by atoms with Gasteiger partial charge in [-0.1, -0.05) is 92.5 Å². The normalized spacial score (nSPS) is 16.4. The minimum Gasteiger partial charge on any atom is -0.256 e. The van der Waals surface area contributed by atoms with Crippen LogP contribution in [0.4, 0.5) is 0 Å². The Kier molecular flexibility index (Phi) is 4.77. The topological polar surface area (TPSA) is 12.9 Å². The van der Waals surface area contributed by atoms with Crippen molar-refractivity contribution in [3.8, 4) is 22.4 Å². The summed E-state index contributed by atoms with van der Waals surface area (Å²) in [6.07, 6.45) is 6.43. The lowest BCUT2D eigenvalue weighted by atomic mass is 10.0. The Bertz CT molecular complexity index is 878. The zero-order valence-electron chi connectivity index (χ0n) is 15.8. The highest BCUT2D eigenvalue weighted by molar-refractivity contribution is 6.91. The third kappa shape index (κ3) is 3.39. The van der Waals surface area contributed by atoms with Crippen LogP contribution in [0, 0.1) is 6.92 Å². The van der Waals surface area contributed by atoms with E-state index >= 15 is 0 Å². The van der Waals surface area contributed by atoms with Crippen LogP contribution >= 0.6 is 0 Å². The molecule has 1 fully saturated rings. The van der Waals surface area contributed by atoms with Crippen LogP contribution in [0.3, 0.4) is 0 Å². The van der Waals surface area contributed by atoms with Gasteiger partial charge < -0.3 is 0 Å². The van der Waals surface area contributed by atoms with E-state index in [1.165, 1.54) is 53.6 Å². The molecule has 0 aliphatic carbocycles. The third-order valence-corrected chi connectivity index (χ3v) is 10.7. The molecular formula is C24H27NSi. The largest absolute Gasteiger partial charge is 0.256 e. The molecule has 1 nitrogen and oxygen atoms in total. The molecule has 4 rings (SSSR count). The average molecular weight is 358 g/mol. The highest BCUT2D eigenvalue weighted by atomic mass is 28.3. The zero-order valence-corrected chi connectivity index (χ0v) is 16.8. The van der Waals surface area contributed by atoms with Crippen LogP contribution in [0.15, 0.2) is 66.9 Å². The summed E-state index contributed by atoms with van der Waals surface area (Å²) in [5, 5.41) is 1.59. The van der Waals surface area contributed by atoms with E-state index in [4.69, 9.17) is 4.98 Å². The Morgan fingerprint density at radius 1 is 0.769 bits per heavy atom. The number of hydrogen-bond acceptors (Lipinski definition) is 1. The quantitative estimate of drug-likeness (QED) is 0.509. The van der Waals surface area contributed by atoms with Gasteiger partial charge >= 0.3 is 0 Å². The molecule has 1 aromatic heterocycles. The summed E-state index contributed by atoms with van der Waals surface area (Å²) in [5.41, 5.74) is 6.26. The maximum absolute atomic E-state index is 4.87. The second-order valence-corrected chi connectivity index (χ2v) is 12.6. The van der Waals surface area contributed by atoms with Crippen LogP contribution in [0.25, 0.3) is 22.4 Å². The lowest BCUT2D eigenvalue weighted by molar-refractivity contribution is 0.717. The lowest BCUT2D eigenvalue weighted by Crippen LogP contribution is -2.47. The minimum absolute atomic E-state index is 1.10. The van der Waals surface area contributed by atoms with Crippen LogP contribution in [0.2, 0.25) is 18.6 Å².